The first-order chi connectivity index (χ1) is 11.5. The lowest BCUT2D eigenvalue weighted by molar-refractivity contribution is -0.139. The zero-order chi connectivity index (χ0) is 17.7. The van der Waals surface area contributed by atoms with E-state index < -0.39 is 17.9 Å². The molecule has 2 rings (SSSR count). The number of aromatic nitrogens is 1. The van der Waals surface area contributed by atoms with Crippen LogP contribution in [0.25, 0.3) is 0 Å². The van der Waals surface area contributed by atoms with E-state index in [0.717, 1.165) is 17.8 Å². The molecule has 0 aliphatic rings. The fourth-order valence-electron chi connectivity index (χ4n) is 2.26. The molecule has 0 radical (unpaired) electrons. The summed E-state index contributed by atoms with van der Waals surface area (Å²) in [6.45, 7) is 3.80. The van der Waals surface area contributed by atoms with E-state index in [4.69, 9.17) is 4.74 Å². The minimum atomic E-state index is -1.13. The number of carbonyl (C=O) groups excluding carboxylic acids is 1. The zero-order valence-electron chi connectivity index (χ0n) is 13.8. The van der Waals surface area contributed by atoms with Crippen molar-refractivity contribution in [2.24, 2.45) is 0 Å². The second-order valence-corrected chi connectivity index (χ2v) is 6.37. The van der Waals surface area contributed by atoms with Gasteiger partial charge in [0.05, 0.1) is 17.8 Å². The Balaban J connectivity index is 2.20. The molecule has 0 aliphatic heterocycles. The molecule has 0 spiro atoms. The summed E-state index contributed by atoms with van der Waals surface area (Å²) in [6, 6.07) is 5.45. The van der Waals surface area contributed by atoms with Crippen LogP contribution in [-0.2, 0) is 11.2 Å². The number of aryl methyl sites for hydroxylation is 2. The Morgan fingerprint density at radius 3 is 2.54 bits per heavy atom. The SMILES string of the molecule is CCCc1nc(C)c(C(=O)NC(C(=O)O)c2ccc(OC)cc2)s1. The van der Waals surface area contributed by atoms with Crippen LogP contribution >= 0.6 is 11.3 Å². The van der Waals surface area contributed by atoms with Gasteiger partial charge in [-0.3, -0.25) is 4.79 Å². The van der Waals surface area contributed by atoms with Gasteiger partial charge >= 0.3 is 5.97 Å². The van der Waals surface area contributed by atoms with Gasteiger partial charge in [-0.15, -0.1) is 11.3 Å². The van der Waals surface area contributed by atoms with Gasteiger partial charge in [0.25, 0.3) is 5.91 Å². The summed E-state index contributed by atoms with van der Waals surface area (Å²) < 4.78 is 5.06. The maximum atomic E-state index is 12.5. The average Bonchev–Trinajstić information content (AvgIpc) is 2.93. The molecular formula is C17H20N2O4S. The fraction of sp³-hybridized carbons (Fsp3) is 0.353. The number of aliphatic carboxylic acids is 1. The van der Waals surface area contributed by atoms with E-state index in [-0.39, 0.29) is 0 Å². The van der Waals surface area contributed by atoms with Crippen LogP contribution in [0.1, 0.15) is 45.3 Å². The van der Waals surface area contributed by atoms with Gasteiger partial charge in [-0.1, -0.05) is 19.1 Å². The number of carbonyl (C=O) groups is 2. The third-order valence-corrected chi connectivity index (χ3v) is 4.70. The fourth-order valence-corrected chi connectivity index (χ4v) is 3.33. The minimum absolute atomic E-state index is 0.421. The number of ether oxygens (including phenoxy) is 1. The van der Waals surface area contributed by atoms with E-state index >= 15 is 0 Å². The largest absolute Gasteiger partial charge is 0.497 e. The number of hydrogen-bond acceptors (Lipinski definition) is 5. The van der Waals surface area contributed by atoms with Crippen molar-refractivity contribution in [3.63, 3.8) is 0 Å². The summed E-state index contributed by atoms with van der Waals surface area (Å²) in [7, 11) is 1.53. The molecule has 1 heterocycles. The summed E-state index contributed by atoms with van der Waals surface area (Å²) in [4.78, 5) is 28.8. The van der Waals surface area contributed by atoms with Crippen LogP contribution in [0.3, 0.4) is 0 Å². The lowest BCUT2D eigenvalue weighted by Gasteiger charge is -2.15. The smallest absolute Gasteiger partial charge is 0.330 e. The molecule has 1 aromatic carbocycles. The first-order valence-corrected chi connectivity index (χ1v) is 8.41. The van der Waals surface area contributed by atoms with Crippen LogP contribution in [-0.4, -0.2) is 29.1 Å². The van der Waals surface area contributed by atoms with Crippen LogP contribution in [0.4, 0.5) is 0 Å². The van der Waals surface area contributed by atoms with Gasteiger partial charge in [0.15, 0.2) is 6.04 Å². The van der Waals surface area contributed by atoms with Crippen LogP contribution in [0.15, 0.2) is 24.3 Å². The molecule has 1 amide bonds. The highest BCUT2D eigenvalue weighted by Gasteiger charge is 2.25. The number of nitrogens with one attached hydrogen (secondary N) is 1. The summed E-state index contributed by atoms with van der Waals surface area (Å²) >= 11 is 1.31. The third kappa shape index (κ3) is 4.11. The van der Waals surface area contributed by atoms with E-state index in [2.05, 4.69) is 10.3 Å². The van der Waals surface area contributed by atoms with E-state index in [1.807, 2.05) is 6.92 Å². The zero-order valence-corrected chi connectivity index (χ0v) is 14.6. The van der Waals surface area contributed by atoms with Crippen molar-refractivity contribution in [3.8, 4) is 5.75 Å². The van der Waals surface area contributed by atoms with E-state index in [1.54, 1.807) is 31.2 Å². The normalized spacial score (nSPS) is 11.8. The summed E-state index contributed by atoms with van der Waals surface area (Å²) in [5.41, 5.74) is 1.10. The van der Waals surface area contributed by atoms with Crippen LogP contribution in [0.5, 0.6) is 5.75 Å². The third-order valence-electron chi connectivity index (χ3n) is 3.48. The number of methoxy groups -OCH3 is 1. The maximum absolute atomic E-state index is 12.5. The second kappa shape index (κ2) is 7.92. The lowest BCUT2D eigenvalue weighted by atomic mass is 10.1. The number of hydrogen-bond donors (Lipinski definition) is 2. The Morgan fingerprint density at radius 1 is 1.33 bits per heavy atom. The Kier molecular flexibility index (Phi) is 5.92. The van der Waals surface area contributed by atoms with Crippen molar-refractivity contribution < 1.29 is 19.4 Å². The highest BCUT2D eigenvalue weighted by Crippen LogP contribution is 2.22. The second-order valence-electron chi connectivity index (χ2n) is 5.29. The van der Waals surface area contributed by atoms with Gasteiger partial charge in [0.1, 0.15) is 10.6 Å². The van der Waals surface area contributed by atoms with Gasteiger partial charge in [0.2, 0.25) is 0 Å². The van der Waals surface area contributed by atoms with E-state index in [1.165, 1.54) is 18.4 Å². The number of carboxylic acids is 1. The Hall–Kier alpha value is -2.41. The van der Waals surface area contributed by atoms with Crippen LogP contribution in [0, 0.1) is 6.92 Å². The highest BCUT2D eigenvalue weighted by atomic mass is 32.1. The topological polar surface area (TPSA) is 88.5 Å². The van der Waals surface area contributed by atoms with Crippen LogP contribution < -0.4 is 10.1 Å². The van der Waals surface area contributed by atoms with Gasteiger partial charge in [-0.25, -0.2) is 9.78 Å². The molecule has 1 aromatic heterocycles. The first kappa shape index (κ1) is 17.9. The molecule has 0 saturated heterocycles. The van der Waals surface area contributed by atoms with E-state index in [9.17, 15) is 14.7 Å². The first-order valence-electron chi connectivity index (χ1n) is 7.60. The monoisotopic (exact) mass is 348 g/mol. The number of thiazole rings is 1. The summed E-state index contributed by atoms with van der Waals surface area (Å²) in [5, 5.41) is 12.9. The predicted octanol–water partition coefficient (Wildman–Crippen LogP) is 2.97. The van der Waals surface area contributed by atoms with Crippen molar-refractivity contribution in [1.82, 2.24) is 10.3 Å². The van der Waals surface area contributed by atoms with Crippen molar-refractivity contribution in [1.29, 1.82) is 0 Å². The van der Waals surface area contributed by atoms with Crippen LogP contribution in [0.2, 0.25) is 0 Å². The Morgan fingerprint density at radius 2 is 2.00 bits per heavy atom. The molecule has 1 atom stereocenters. The molecule has 0 aliphatic carbocycles. The van der Waals surface area contributed by atoms with E-state index in [0.29, 0.717) is 21.9 Å². The van der Waals surface area contributed by atoms with Gasteiger partial charge < -0.3 is 15.2 Å². The number of benzene rings is 1. The summed E-state index contributed by atoms with van der Waals surface area (Å²) in [5.74, 6) is -0.920. The molecule has 1 unspecified atom stereocenters. The lowest BCUT2D eigenvalue weighted by Crippen LogP contribution is -2.33. The molecule has 0 fully saturated rings. The Bertz CT molecular complexity index is 725. The standard InChI is InChI=1S/C17H20N2O4S/c1-4-5-13-18-10(2)15(24-13)16(20)19-14(17(21)22)11-6-8-12(23-3)9-7-11/h6-9,14H,4-5H2,1-3H3,(H,19,20)(H,21,22). The van der Waals surface area contributed by atoms with Gasteiger partial charge in [-0.2, -0.15) is 0 Å². The van der Waals surface area contributed by atoms with Gasteiger partial charge in [-0.05, 0) is 37.5 Å². The quantitative estimate of drug-likeness (QED) is 0.803. The Labute approximate surface area is 144 Å². The number of nitrogens with zero attached hydrogens (tertiary/aromatic N) is 1. The summed E-state index contributed by atoms with van der Waals surface area (Å²) in [6.07, 6.45) is 1.75. The van der Waals surface area contributed by atoms with Crippen molar-refractivity contribution in [3.05, 3.63) is 45.4 Å². The average molecular weight is 348 g/mol. The number of rotatable bonds is 7. The van der Waals surface area contributed by atoms with Gasteiger partial charge in [0, 0.05) is 0 Å². The highest BCUT2D eigenvalue weighted by molar-refractivity contribution is 7.13. The minimum Gasteiger partial charge on any atom is -0.497 e. The van der Waals surface area contributed by atoms with Crippen molar-refractivity contribution in [2.75, 3.05) is 7.11 Å². The molecule has 2 N–H and O–H groups in total. The molecule has 24 heavy (non-hydrogen) atoms. The van der Waals surface area contributed by atoms with Crippen molar-refractivity contribution >= 4 is 23.2 Å². The molecule has 7 heteroatoms. The molecule has 6 nitrogen and oxygen atoms in total. The maximum Gasteiger partial charge on any atom is 0.330 e. The molecule has 128 valence electrons. The molecule has 0 bridgehead atoms. The predicted molar refractivity (Wildman–Crippen MR) is 91.7 cm³/mol. The molecule has 2 aromatic rings. The molecule has 0 saturated carbocycles. The molecular weight excluding hydrogens is 328 g/mol. The number of amides is 1. The number of carboxylic acid groups (broad SMARTS) is 1. The van der Waals surface area contributed by atoms with Crippen molar-refractivity contribution in [2.45, 2.75) is 32.7 Å².